The average Bonchev–Trinajstić information content (AvgIpc) is 2.26. The number of hydrogen-bond acceptors (Lipinski definition) is 3. The van der Waals surface area contributed by atoms with Crippen LogP contribution in [-0.4, -0.2) is 23.7 Å². The highest BCUT2D eigenvalue weighted by Crippen LogP contribution is 2.25. The first-order valence-electron chi connectivity index (χ1n) is 4.99. The van der Waals surface area contributed by atoms with Crippen molar-refractivity contribution in [2.24, 2.45) is 5.73 Å². The number of nitrogens with two attached hydrogens (primary N) is 1. The molecule has 0 fully saturated rings. The quantitative estimate of drug-likeness (QED) is 0.801. The standard InChI is InChI=1S/C11H14ClNO3/c12-8-4-1-2-5-9(8)16-10(11(14)15)6-3-7-13/h1-2,4-5,10H,3,6-7,13H2,(H,14,15). The molecule has 0 aromatic heterocycles. The summed E-state index contributed by atoms with van der Waals surface area (Å²) in [5.74, 6) is -0.623. The normalized spacial score (nSPS) is 12.1. The average molecular weight is 244 g/mol. The Kier molecular flexibility index (Phi) is 5.08. The summed E-state index contributed by atoms with van der Waals surface area (Å²) in [6.45, 7) is 0.440. The van der Waals surface area contributed by atoms with Gasteiger partial charge in [-0.3, -0.25) is 0 Å². The maximum absolute atomic E-state index is 10.9. The van der Waals surface area contributed by atoms with Gasteiger partial charge in [-0.05, 0) is 31.5 Å². The molecule has 0 amide bonds. The van der Waals surface area contributed by atoms with E-state index in [0.29, 0.717) is 30.2 Å². The van der Waals surface area contributed by atoms with Gasteiger partial charge >= 0.3 is 5.97 Å². The van der Waals surface area contributed by atoms with Gasteiger partial charge in [-0.2, -0.15) is 0 Å². The monoisotopic (exact) mass is 243 g/mol. The van der Waals surface area contributed by atoms with Crippen molar-refractivity contribution in [2.45, 2.75) is 18.9 Å². The van der Waals surface area contributed by atoms with Gasteiger partial charge in [-0.1, -0.05) is 23.7 Å². The summed E-state index contributed by atoms with van der Waals surface area (Å²) in [7, 11) is 0. The lowest BCUT2D eigenvalue weighted by Crippen LogP contribution is -2.27. The van der Waals surface area contributed by atoms with Crippen LogP contribution in [0.2, 0.25) is 5.02 Å². The van der Waals surface area contributed by atoms with Crippen molar-refractivity contribution in [3.63, 3.8) is 0 Å². The Morgan fingerprint density at radius 2 is 2.19 bits per heavy atom. The molecule has 1 unspecified atom stereocenters. The molecule has 88 valence electrons. The predicted molar refractivity (Wildman–Crippen MR) is 61.8 cm³/mol. The van der Waals surface area contributed by atoms with Crippen molar-refractivity contribution in [2.75, 3.05) is 6.54 Å². The Morgan fingerprint density at radius 3 is 2.75 bits per heavy atom. The van der Waals surface area contributed by atoms with Gasteiger partial charge in [-0.25, -0.2) is 4.79 Å². The van der Waals surface area contributed by atoms with Gasteiger partial charge in [0.1, 0.15) is 5.75 Å². The molecule has 1 rings (SSSR count). The smallest absolute Gasteiger partial charge is 0.344 e. The summed E-state index contributed by atoms with van der Waals surface area (Å²) in [6, 6.07) is 6.79. The van der Waals surface area contributed by atoms with E-state index in [0.717, 1.165) is 0 Å². The van der Waals surface area contributed by atoms with Crippen LogP contribution in [0.4, 0.5) is 0 Å². The van der Waals surface area contributed by atoms with Crippen LogP contribution in [0.5, 0.6) is 5.75 Å². The lowest BCUT2D eigenvalue weighted by Gasteiger charge is -2.15. The molecule has 0 radical (unpaired) electrons. The van der Waals surface area contributed by atoms with Crippen LogP contribution in [0.25, 0.3) is 0 Å². The third kappa shape index (κ3) is 3.72. The zero-order chi connectivity index (χ0) is 12.0. The highest BCUT2D eigenvalue weighted by molar-refractivity contribution is 6.32. The molecule has 0 spiro atoms. The Hall–Kier alpha value is -1.26. The minimum Gasteiger partial charge on any atom is -0.479 e. The van der Waals surface area contributed by atoms with Crippen LogP contribution in [0.1, 0.15) is 12.8 Å². The molecule has 0 aliphatic heterocycles. The van der Waals surface area contributed by atoms with Gasteiger partial charge in [0.2, 0.25) is 0 Å². The van der Waals surface area contributed by atoms with Gasteiger partial charge in [-0.15, -0.1) is 0 Å². The molecular formula is C11H14ClNO3. The molecule has 0 aliphatic rings. The van der Waals surface area contributed by atoms with E-state index in [2.05, 4.69) is 0 Å². The van der Waals surface area contributed by atoms with E-state index < -0.39 is 12.1 Å². The van der Waals surface area contributed by atoms with Crippen LogP contribution in [-0.2, 0) is 4.79 Å². The number of carboxylic acids is 1. The Labute approximate surface area is 99.0 Å². The number of halogens is 1. The fraction of sp³-hybridized carbons (Fsp3) is 0.364. The summed E-state index contributed by atoms with van der Waals surface area (Å²) < 4.78 is 5.32. The van der Waals surface area contributed by atoms with Gasteiger partial charge in [0.15, 0.2) is 6.10 Å². The largest absolute Gasteiger partial charge is 0.479 e. The summed E-state index contributed by atoms with van der Waals surface area (Å²) in [5, 5.41) is 9.35. The Balaban J connectivity index is 2.68. The van der Waals surface area contributed by atoms with Gasteiger partial charge in [0, 0.05) is 0 Å². The lowest BCUT2D eigenvalue weighted by molar-refractivity contribution is -0.145. The van der Waals surface area contributed by atoms with Crippen molar-refractivity contribution in [1.82, 2.24) is 0 Å². The molecule has 0 bridgehead atoms. The number of para-hydroxylation sites is 1. The highest BCUT2D eigenvalue weighted by Gasteiger charge is 2.19. The van der Waals surface area contributed by atoms with Crippen LogP contribution >= 0.6 is 11.6 Å². The van der Waals surface area contributed by atoms with Crippen LogP contribution in [0, 0.1) is 0 Å². The first-order valence-corrected chi connectivity index (χ1v) is 5.37. The van der Waals surface area contributed by atoms with Crippen LogP contribution < -0.4 is 10.5 Å². The molecule has 5 heteroatoms. The third-order valence-corrected chi connectivity index (χ3v) is 2.36. The topological polar surface area (TPSA) is 72.5 Å². The van der Waals surface area contributed by atoms with E-state index in [9.17, 15) is 4.79 Å². The molecular weight excluding hydrogens is 230 g/mol. The first-order chi connectivity index (χ1) is 7.65. The van der Waals surface area contributed by atoms with Gasteiger partial charge in [0.25, 0.3) is 0 Å². The second-order valence-electron chi connectivity index (χ2n) is 3.31. The van der Waals surface area contributed by atoms with Gasteiger partial charge in [0.05, 0.1) is 5.02 Å². The van der Waals surface area contributed by atoms with Gasteiger partial charge < -0.3 is 15.6 Å². The second kappa shape index (κ2) is 6.35. The zero-order valence-corrected chi connectivity index (χ0v) is 9.48. The number of hydrogen-bond donors (Lipinski definition) is 2. The van der Waals surface area contributed by atoms with E-state index in [1.807, 2.05) is 0 Å². The molecule has 1 aromatic rings. The fourth-order valence-electron chi connectivity index (χ4n) is 1.23. The van der Waals surface area contributed by atoms with Crippen LogP contribution in [0.15, 0.2) is 24.3 Å². The Bertz CT molecular complexity index is 357. The second-order valence-corrected chi connectivity index (χ2v) is 3.71. The summed E-state index contributed by atoms with van der Waals surface area (Å²) in [5.41, 5.74) is 5.33. The number of benzene rings is 1. The first kappa shape index (κ1) is 12.8. The predicted octanol–water partition coefficient (Wildman–Crippen LogP) is 1.91. The molecule has 16 heavy (non-hydrogen) atoms. The Morgan fingerprint density at radius 1 is 1.50 bits per heavy atom. The summed E-state index contributed by atoms with van der Waals surface area (Å²) in [6.07, 6.45) is 0.0711. The highest BCUT2D eigenvalue weighted by atomic mass is 35.5. The van der Waals surface area contributed by atoms with Crippen molar-refractivity contribution >= 4 is 17.6 Å². The number of ether oxygens (including phenoxy) is 1. The molecule has 1 atom stereocenters. The maximum atomic E-state index is 10.9. The summed E-state index contributed by atoms with van der Waals surface area (Å²) in [4.78, 5) is 10.9. The van der Waals surface area contributed by atoms with Crippen LogP contribution in [0.3, 0.4) is 0 Å². The molecule has 4 nitrogen and oxygen atoms in total. The van der Waals surface area contributed by atoms with Crippen molar-refractivity contribution < 1.29 is 14.6 Å². The molecule has 0 heterocycles. The SMILES string of the molecule is NCCCC(Oc1ccccc1Cl)C(=O)O. The van der Waals surface area contributed by atoms with E-state index in [4.69, 9.17) is 27.2 Å². The summed E-state index contributed by atoms with van der Waals surface area (Å²) >= 11 is 5.86. The minimum atomic E-state index is -1.01. The molecule has 1 aromatic carbocycles. The lowest BCUT2D eigenvalue weighted by atomic mass is 10.2. The number of carboxylic acid groups (broad SMARTS) is 1. The number of aliphatic carboxylic acids is 1. The number of carbonyl (C=O) groups is 1. The van der Waals surface area contributed by atoms with Crippen molar-refractivity contribution in [3.05, 3.63) is 29.3 Å². The van der Waals surface area contributed by atoms with E-state index in [-0.39, 0.29) is 0 Å². The third-order valence-electron chi connectivity index (χ3n) is 2.05. The molecule has 0 saturated carbocycles. The maximum Gasteiger partial charge on any atom is 0.344 e. The van der Waals surface area contributed by atoms with Crippen molar-refractivity contribution in [1.29, 1.82) is 0 Å². The number of rotatable bonds is 6. The van der Waals surface area contributed by atoms with Crippen molar-refractivity contribution in [3.8, 4) is 5.75 Å². The van der Waals surface area contributed by atoms with E-state index in [1.54, 1.807) is 24.3 Å². The van der Waals surface area contributed by atoms with E-state index >= 15 is 0 Å². The minimum absolute atomic E-state index is 0.372. The molecule has 3 N–H and O–H groups in total. The zero-order valence-electron chi connectivity index (χ0n) is 8.73. The fourth-order valence-corrected chi connectivity index (χ4v) is 1.41. The van der Waals surface area contributed by atoms with E-state index in [1.165, 1.54) is 0 Å². The molecule has 0 aliphatic carbocycles. The molecule has 0 saturated heterocycles.